The highest BCUT2D eigenvalue weighted by Crippen LogP contribution is 2.53. The summed E-state index contributed by atoms with van der Waals surface area (Å²) in [5.74, 6) is 1.92. The fraction of sp³-hybridized carbons (Fsp3) is 0.320. The number of aromatic nitrogens is 8. The van der Waals surface area contributed by atoms with Gasteiger partial charge in [-0.1, -0.05) is 24.3 Å². The molecule has 0 saturated heterocycles. The van der Waals surface area contributed by atoms with Crippen LogP contribution in [-0.4, -0.2) is 83.4 Å². The Morgan fingerprint density at radius 1 is 0.583 bits per heavy atom. The molecule has 0 fully saturated rings. The van der Waals surface area contributed by atoms with E-state index in [1.807, 2.05) is 45.5 Å². The second-order valence-electron chi connectivity index (χ2n) is 19.2. The van der Waals surface area contributed by atoms with E-state index in [0.717, 1.165) is 33.3 Å². The maximum atomic E-state index is 13.6. The van der Waals surface area contributed by atoms with Gasteiger partial charge in [-0.15, -0.1) is 0 Å². The molecule has 4 aliphatic heterocycles. The van der Waals surface area contributed by atoms with Crippen LogP contribution in [0.5, 0.6) is 11.5 Å². The van der Waals surface area contributed by atoms with Crippen LogP contribution in [0.1, 0.15) is 99.1 Å². The summed E-state index contributed by atoms with van der Waals surface area (Å²) in [4.78, 5) is 27.6. The van der Waals surface area contributed by atoms with Gasteiger partial charge in [-0.2, -0.15) is 17.6 Å². The summed E-state index contributed by atoms with van der Waals surface area (Å²) >= 11 is 0. The van der Waals surface area contributed by atoms with Crippen LogP contribution in [0.15, 0.2) is 116 Å². The highest BCUT2D eigenvalue weighted by Gasteiger charge is 2.44. The van der Waals surface area contributed by atoms with E-state index in [0.29, 0.717) is 68.1 Å². The molecule has 4 aliphatic rings. The minimum atomic E-state index is -3.01. The molecule has 0 unspecified atom stereocenters. The number of fused-ring (bicyclic) bond motifs is 18. The average Bonchev–Trinajstić information content (AvgIpc) is 4.03. The van der Waals surface area contributed by atoms with Crippen molar-refractivity contribution in [3.63, 3.8) is 0 Å². The summed E-state index contributed by atoms with van der Waals surface area (Å²) in [6.07, 6.45) is 10.6. The fourth-order valence-corrected chi connectivity index (χ4v) is 13.7. The Balaban J connectivity index is 0.000000156. The molecule has 72 heavy (non-hydrogen) atoms. The van der Waals surface area contributed by atoms with Crippen LogP contribution < -0.4 is 9.47 Å². The van der Waals surface area contributed by atoms with E-state index in [-0.39, 0.29) is 11.5 Å². The van der Waals surface area contributed by atoms with Crippen molar-refractivity contribution in [2.45, 2.75) is 98.9 Å². The predicted octanol–water partition coefficient (Wildman–Crippen LogP) is 9.65. The Bertz CT molecular complexity index is 3520. The topological polar surface area (TPSA) is 205 Å². The van der Waals surface area contributed by atoms with Crippen molar-refractivity contribution < 1.29 is 45.7 Å². The summed E-state index contributed by atoms with van der Waals surface area (Å²) in [5.41, 5.74) is 4.78. The zero-order chi connectivity index (χ0) is 50.8. The number of nitrogens with zero attached hydrogens (tertiary/aromatic N) is 10. The maximum absolute atomic E-state index is 13.6. The zero-order valence-electron chi connectivity index (χ0n) is 39.4. The van der Waals surface area contributed by atoms with E-state index < -0.39 is 68.1 Å². The standard InChI is InChI=1S/2C25H23F2N5O3S/c2*1-25(2,33)23-28-11-14(12-29-23)13-7-8-15-17(9-13)32-18-10-16(22(32)30-15)31-36(3,34)20-6-4-5-19(21(18)20)35-24(26)27/h2*4-9,11-12,16,18,24,33H,10H2,1-3H3/t16-,18-,36+;16-,18-,36-/m11/s1. The van der Waals surface area contributed by atoms with Crippen molar-refractivity contribution in [3.8, 4) is 33.8 Å². The van der Waals surface area contributed by atoms with E-state index in [1.54, 1.807) is 76.7 Å². The second kappa shape index (κ2) is 16.9. The van der Waals surface area contributed by atoms with E-state index >= 15 is 0 Å². The molecule has 4 bridgehead atoms. The number of aliphatic hydroxyl groups is 2. The molecule has 16 nitrogen and oxygen atoms in total. The third-order valence-electron chi connectivity index (χ3n) is 13.2. The Kier molecular flexibility index (Phi) is 11.1. The molecule has 6 atom stereocenters. The van der Waals surface area contributed by atoms with Crippen LogP contribution >= 0.6 is 0 Å². The van der Waals surface area contributed by atoms with Gasteiger partial charge >= 0.3 is 13.2 Å². The number of rotatable bonds is 8. The van der Waals surface area contributed by atoms with Gasteiger partial charge in [0.05, 0.1) is 63.4 Å². The number of halogens is 4. The molecule has 8 aromatic rings. The first-order chi connectivity index (χ1) is 34.1. The van der Waals surface area contributed by atoms with E-state index in [9.17, 15) is 36.2 Å². The lowest BCUT2D eigenvalue weighted by Gasteiger charge is -2.22. The summed E-state index contributed by atoms with van der Waals surface area (Å²) < 4.78 is 103. The maximum Gasteiger partial charge on any atom is 0.387 e. The van der Waals surface area contributed by atoms with Gasteiger partial charge in [0, 0.05) is 72.4 Å². The zero-order valence-corrected chi connectivity index (χ0v) is 41.1. The van der Waals surface area contributed by atoms with Crippen molar-refractivity contribution >= 4 is 41.5 Å². The van der Waals surface area contributed by atoms with Crippen molar-refractivity contribution in [2.24, 2.45) is 8.73 Å². The Morgan fingerprint density at radius 2 is 0.958 bits per heavy atom. The van der Waals surface area contributed by atoms with Gasteiger partial charge in [0.2, 0.25) is 0 Å². The summed E-state index contributed by atoms with van der Waals surface area (Å²) in [7, 11) is -5.71. The second-order valence-corrected chi connectivity index (χ2v) is 23.8. The van der Waals surface area contributed by atoms with Gasteiger partial charge in [0.1, 0.15) is 46.4 Å². The first-order valence-electron chi connectivity index (χ1n) is 22.8. The van der Waals surface area contributed by atoms with Crippen molar-refractivity contribution in [2.75, 3.05) is 12.5 Å². The van der Waals surface area contributed by atoms with Crippen molar-refractivity contribution in [3.05, 3.63) is 132 Å². The van der Waals surface area contributed by atoms with Gasteiger partial charge in [-0.05, 0) is 87.4 Å². The molecule has 2 N–H and O–H groups in total. The number of alkyl halides is 4. The lowest BCUT2D eigenvalue weighted by molar-refractivity contribution is -0.0515. The SMILES string of the molecule is CC(C)(O)c1ncc(-c2ccc3nc4n(c3c2)[C@@H]2C[C@H]4N=[S@@](C)(=O)c3cccc(OC(F)F)c32)cn1.CC(C)(O)c1ncc(-c2ccc3nc4n(c3c2)[C@@H]2C[C@H]4N=[S@](C)(=O)c3cccc(OC(F)F)c32)cn1. The molecule has 0 aliphatic carbocycles. The summed E-state index contributed by atoms with van der Waals surface area (Å²) in [6, 6.07) is 19.2. The smallest absolute Gasteiger partial charge is 0.387 e. The third-order valence-corrected chi connectivity index (χ3v) is 16.9. The number of hydrogen-bond donors (Lipinski definition) is 2. The lowest BCUT2D eigenvalue weighted by atomic mass is 10.0. The van der Waals surface area contributed by atoms with Crippen LogP contribution in [0.4, 0.5) is 17.6 Å². The molecule has 12 rings (SSSR count). The van der Waals surface area contributed by atoms with Crippen LogP contribution in [0.2, 0.25) is 0 Å². The monoisotopic (exact) mass is 1020 g/mol. The van der Waals surface area contributed by atoms with Crippen molar-refractivity contribution in [1.82, 2.24) is 39.0 Å². The molecule has 8 heterocycles. The minimum absolute atomic E-state index is 0.000568. The molecule has 0 radical (unpaired) electrons. The Labute approximate surface area is 410 Å². The van der Waals surface area contributed by atoms with Crippen LogP contribution in [0.3, 0.4) is 0 Å². The van der Waals surface area contributed by atoms with Crippen molar-refractivity contribution in [1.29, 1.82) is 0 Å². The Hall–Kier alpha value is -6.88. The molecule has 22 heteroatoms. The first kappa shape index (κ1) is 47.4. The number of ether oxygens (including phenoxy) is 2. The van der Waals surface area contributed by atoms with Crippen LogP contribution in [-0.2, 0) is 30.7 Å². The highest BCUT2D eigenvalue weighted by atomic mass is 32.2. The van der Waals surface area contributed by atoms with Crippen LogP contribution in [0, 0.1) is 0 Å². The number of hydrogen-bond acceptors (Lipinski definition) is 14. The molecular weight excluding hydrogens is 977 g/mol. The molecule has 4 aromatic heterocycles. The van der Waals surface area contributed by atoms with E-state index in [2.05, 4.69) is 28.7 Å². The minimum Gasteiger partial charge on any atom is -0.434 e. The van der Waals surface area contributed by atoms with E-state index in [1.165, 1.54) is 24.6 Å². The molecule has 0 amide bonds. The summed E-state index contributed by atoms with van der Waals surface area (Å²) in [5, 5.41) is 20.3. The first-order valence-corrected chi connectivity index (χ1v) is 26.6. The van der Waals surface area contributed by atoms with Gasteiger partial charge in [0.25, 0.3) is 0 Å². The van der Waals surface area contributed by atoms with Gasteiger partial charge in [-0.25, -0.2) is 47.0 Å². The molecular formula is C50H46F4N10O6S2. The van der Waals surface area contributed by atoms with E-state index in [4.69, 9.17) is 19.4 Å². The lowest BCUT2D eigenvalue weighted by Crippen LogP contribution is -2.19. The number of imidazole rings is 2. The molecule has 0 spiro atoms. The average molecular weight is 1020 g/mol. The third kappa shape index (κ3) is 8.13. The largest absolute Gasteiger partial charge is 0.434 e. The predicted molar refractivity (Wildman–Crippen MR) is 259 cm³/mol. The van der Waals surface area contributed by atoms with Gasteiger partial charge < -0.3 is 28.8 Å². The van der Waals surface area contributed by atoms with Crippen LogP contribution in [0.25, 0.3) is 44.3 Å². The fourth-order valence-electron chi connectivity index (χ4n) is 10.2. The van der Waals surface area contributed by atoms with Gasteiger partial charge in [0.15, 0.2) is 11.6 Å². The number of benzene rings is 4. The Morgan fingerprint density at radius 3 is 1.31 bits per heavy atom. The summed E-state index contributed by atoms with van der Waals surface area (Å²) in [6.45, 7) is 0.446. The molecule has 372 valence electrons. The quantitative estimate of drug-likeness (QED) is 0.137. The molecule has 0 saturated carbocycles. The van der Waals surface area contributed by atoms with Gasteiger partial charge in [-0.3, -0.25) is 0 Å². The molecule has 4 aromatic carbocycles. The highest BCUT2D eigenvalue weighted by molar-refractivity contribution is 7.93. The normalized spacial score (nSPS) is 22.8.